The Balaban J connectivity index is 0.000000733. The summed E-state index contributed by atoms with van der Waals surface area (Å²) >= 11 is 0. The third-order valence-electron chi connectivity index (χ3n) is 4.98. The van der Waals surface area contributed by atoms with Crippen LogP contribution in [-0.2, 0) is 0 Å². The van der Waals surface area contributed by atoms with E-state index >= 15 is 0 Å². The quantitative estimate of drug-likeness (QED) is 0.288. The minimum atomic E-state index is -0.274. The molecule has 2 aromatic heterocycles. The number of benzene rings is 1. The monoisotopic (exact) mass is 465 g/mol. The van der Waals surface area contributed by atoms with Crippen molar-refractivity contribution < 1.29 is 15.0 Å². The van der Waals surface area contributed by atoms with Gasteiger partial charge in [0, 0.05) is 35.5 Å². The largest absolute Gasteiger partial charge is 0.516 e. The van der Waals surface area contributed by atoms with Gasteiger partial charge in [-0.3, -0.25) is 4.79 Å². The zero-order valence-electron chi connectivity index (χ0n) is 21.4. The van der Waals surface area contributed by atoms with Crippen LogP contribution in [0.4, 0.5) is 0 Å². The Morgan fingerprint density at radius 1 is 1.18 bits per heavy atom. The zero-order valence-corrected chi connectivity index (χ0v) is 21.4. The fraction of sp³-hybridized carbons (Fsp3) is 0.357. The third-order valence-corrected chi connectivity index (χ3v) is 4.98. The highest BCUT2D eigenvalue weighted by molar-refractivity contribution is 5.98. The summed E-state index contributed by atoms with van der Waals surface area (Å²) in [6, 6.07) is 7.12. The number of phenolic OH excluding ortho intramolecular Hbond substituents is 1. The second-order valence-electron chi connectivity index (χ2n) is 7.92. The van der Waals surface area contributed by atoms with Gasteiger partial charge in [0.2, 0.25) is 0 Å². The predicted octanol–water partition coefficient (Wildman–Crippen LogP) is 7.24. The van der Waals surface area contributed by atoms with Crippen molar-refractivity contribution >= 4 is 22.5 Å². The Morgan fingerprint density at radius 3 is 2.44 bits per heavy atom. The Kier molecular flexibility index (Phi) is 12.2. The first-order valence-corrected chi connectivity index (χ1v) is 11.8. The normalized spacial score (nSPS) is 11.1. The van der Waals surface area contributed by atoms with Gasteiger partial charge in [0.1, 0.15) is 11.4 Å². The molecule has 0 saturated carbocycles. The van der Waals surface area contributed by atoms with Gasteiger partial charge in [-0.2, -0.15) is 0 Å². The molecule has 0 aliphatic heterocycles. The van der Waals surface area contributed by atoms with E-state index in [0.29, 0.717) is 12.5 Å². The second-order valence-corrected chi connectivity index (χ2v) is 7.92. The molecule has 3 rings (SSSR count). The number of aromatic nitrogens is 2. The molecule has 0 atom stereocenters. The van der Waals surface area contributed by atoms with E-state index in [0.717, 1.165) is 40.4 Å². The Labute approximate surface area is 203 Å². The first-order valence-electron chi connectivity index (χ1n) is 11.8. The highest BCUT2D eigenvalue weighted by atomic mass is 16.3. The molecule has 184 valence electrons. The lowest BCUT2D eigenvalue weighted by molar-refractivity contribution is 0.0946. The van der Waals surface area contributed by atoms with Crippen LogP contribution in [0.1, 0.15) is 70.8 Å². The summed E-state index contributed by atoms with van der Waals surface area (Å²) < 4.78 is 0. The number of carbonyl (C=O) groups excluding carboxylic acids is 1. The zero-order chi connectivity index (χ0) is 25.7. The molecule has 0 aliphatic rings. The minimum Gasteiger partial charge on any atom is -0.516 e. The van der Waals surface area contributed by atoms with E-state index in [4.69, 9.17) is 5.11 Å². The first-order chi connectivity index (χ1) is 16.3. The standard InChI is InChI=1S/C22H25N3O2.C4H8O.C2H6/c1-5-14(4)19-12-24-21-17(19)9-16(11-23-21)15-6-7-20(26)18(8-15)22(27)25-10-13(2)3;1-2-3-4-5;1-2/h5-9,11-13,26H,10H2,1-4H3,(H,23,24)(H,25,27);3-5H,2H2,1H3;1-2H3/b14-5+;4-3+;. The number of hydrogen-bond donors (Lipinski definition) is 4. The van der Waals surface area contributed by atoms with E-state index < -0.39 is 0 Å². The van der Waals surface area contributed by atoms with E-state index in [9.17, 15) is 9.90 Å². The Hall–Kier alpha value is -3.54. The number of fused-ring (bicyclic) bond motifs is 1. The number of H-pyrrole nitrogens is 1. The summed E-state index contributed by atoms with van der Waals surface area (Å²) in [4.78, 5) is 20.1. The van der Waals surface area contributed by atoms with Gasteiger partial charge in [0.05, 0.1) is 11.8 Å². The van der Waals surface area contributed by atoms with Crippen LogP contribution in [0.3, 0.4) is 0 Å². The van der Waals surface area contributed by atoms with Crippen molar-refractivity contribution in [2.75, 3.05) is 6.54 Å². The highest BCUT2D eigenvalue weighted by Gasteiger charge is 2.14. The molecule has 0 fully saturated rings. The lowest BCUT2D eigenvalue weighted by Gasteiger charge is -2.11. The summed E-state index contributed by atoms with van der Waals surface area (Å²) in [5, 5.41) is 21.9. The summed E-state index contributed by atoms with van der Waals surface area (Å²) in [7, 11) is 0. The molecule has 34 heavy (non-hydrogen) atoms. The smallest absolute Gasteiger partial charge is 0.255 e. The number of hydrogen-bond acceptors (Lipinski definition) is 4. The number of allylic oxidation sites excluding steroid dienone is 3. The van der Waals surface area contributed by atoms with Crippen LogP contribution in [-0.4, -0.2) is 32.6 Å². The average molecular weight is 466 g/mol. The summed E-state index contributed by atoms with van der Waals surface area (Å²) in [5.41, 5.74) is 5.10. The van der Waals surface area contributed by atoms with Gasteiger partial charge in [-0.25, -0.2) is 4.98 Å². The molecule has 1 aromatic carbocycles. The van der Waals surface area contributed by atoms with Gasteiger partial charge < -0.3 is 20.5 Å². The summed E-state index contributed by atoms with van der Waals surface area (Å²) in [6.07, 6.45) is 9.44. The van der Waals surface area contributed by atoms with E-state index in [2.05, 4.69) is 34.4 Å². The number of phenols is 1. The number of aliphatic hydroxyl groups excluding tert-OH is 1. The van der Waals surface area contributed by atoms with Gasteiger partial charge in [0.15, 0.2) is 0 Å². The van der Waals surface area contributed by atoms with Crippen molar-refractivity contribution in [2.45, 2.75) is 54.9 Å². The van der Waals surface area contributed by atoms with Crippen LogP contribution in [0, 0.1) is 5.92 Å². The molecule has 2 heterocycles. The molecule has 0 spiro atoms. The van der Waals surface area contributed by atoms with Crippen LogP contribution in [0.5, 0.6) is 5.75 Å². The van der Waals surface area contributed by atoms with Crippen molar-refractivity contribution in [1.29, 1.82) is 0 Å². The van der Waals surface area contributed by atoms with E-state index in [1.807, 2.05) is 47.7 Å². The number of carbonyl (C=O) groups is 1. The number of amides is 1. The number of rotatable bonds is 6. The number of aromatic hydroxyl groups is 1. The molecule has 3 aromatic rings. The predicted molar refractivity (Wildman–Crippen MR) is 143 cm³/mol. The topological polar surface area (TPSA) is 98.2 Å². The fourth-order valence-corrected chi connectivity index (χ4v) is 3.04. The number of aromatic amines is 1. The minimum absolute atomic E-state index is 0.0267. The van der Waals surface area contributed by atoms with Crippen molar-refractivity contribution in [2.24, 2.45) is 5.92 Å². The average Bonchev–Trinajstić information content (AvgIpc) is 3.28. The first kappa shape index (κ1) is 28.5. The number of nitrogens with one attached hydrogen (secondary N) is 2. The molecule has 6 nitrogen and oxygen atoms in total. The molecule has 0 aliphatic carbocycles. The van der Waals surface area contributed by atoms with Crippen LogP contribution in [0.25, 0.3) is 27.7 Å². The van der Waals surface area contributed by atoms with Gasteiger partial charge in [0.25, 0.3) is 5.91 Å². The molecule has 0 bridgehead atoms. The SMILES string of the molecule is C/C=C(\C)c1c[nH]c2ncc(-c3ccc(O)c(C(=O)NCC(C)C)c3)cc12.CC.CC/C=C/O. The van der Waals surface area contributed by atoms with E-state index in [1.165, 1.54) is 5.57 Å². The van der Waals surface area contributed by atoms with Gasteiger partial charge in [-0.05, 0) is 55.5 Å². The Bertz CT molecular complexity index is 1110. The van der Waals surface area contributed by atoms with Crippen molar-refractivity contribution in [3.63, 3.8) is 0 Å². The maximum atomic E-state index is 12.4. The summed E-state index contributed by atoms with van der Waals surface area (Å²) in [6.45, 7) is 14.6. The molecular formula is C28H39N3O3. The maximum absolute atomic E-state index is 12.4. The van der Waals surface area contributed by atoms with Crippen molar-refractivity contribution in [1.82, 2.24) is 15.3 Å². The van der Waals surface area contributed by atoms with Crippen LogP contribution in [0.2, 0.25) is 0 Å². The molecule has 0 radical (unpaired) electrons. The van der Waals surface area contributed by atoms with Gasteiger partial charge >= 0.3 is 0 Å². The lowest BCUT2D eigenvalue weighted by atomic mass is 10.0. The van der Waals surface area contributed by atoms with Gasteiger partial charge in [-0.15, -0.1) is 0 Å². The van der Waals surface area contributed by atoms with E-state index in [-0.39, 0.29) is 17.2 Å². The van der Waals surface area contributed by atoms with Crippen molar-refractivity contribution in [3.8, 4) is 16.9 Å². The second kappa shape index (κ2) is 14.6. The van der Waals surface area contributed by atoms with Crippen LogP contribution in [0.15, 0.2) is 55.1 Å². The fourth-order valence-electron chi connectivity index (χ4n) is 3.04. The number of pyridine rings is 1. The number of nitrogens with zero attached hydrogens (tertiary/aromatic N) is 1. The van der Waals surface area contributed by atoms with Crippen LogP contribution >= 0.6 is 0 Å². The molecule has 0 unspecified atom stereocenters. The molecule has 4 N–H and O–H groups in total. The van der Waals surface area contributed by atoms with Gasteiger partial charge in [-0.1, -0.05) is 52.8 Å². The molecular weight excluding hydrogens is 426 g/mol. The Morgan fingerprint density at radius 2 is 1.88 bits per heavy atom. The molecule has 0 saturated heterocycles. The van der Waals surface area contributed by atoms with Crippen molar-refractivity contribution in [3.05, 3.63) is 66.2 Å². The highest BCUT2D eigenvalue weighted by Crippen LogP contribution is 2.30. The molecule has 6 heteroatoms. The maximum Gasteiger partial charge on any atom is 0.255 e. The van der Waals surface area contributed by atoms with E-state index in [1.54, 1.807) is 30.5 Å². The third kappa shape index (κ3) is 7.80. The molecule has 1 amide bonds. The summed E-state index contributed by atoms with van der Waals surface area (Å²) in [5.74, 6) is 0.0399. The van der Waals surface area contributed by atoms with Crippen LogP contribution < -0.4 is 5.32 Å². The lowest BCUT2D eigenvalue weighted by Crippen LogP contribution is -2.27. The number of aliphatic hydroxyl groups is 1.